The zero-order valence-corrected chi connectivity index (χ0v) is 16.3. The number of nitrogens with one attached hydrogen (secondary N) is 1. The van der Waals surface area contributed by atoms with Gasteiger partial charge in [0.05, 0.1) is 19.9 Å². The van der Waals surface area contributed by atoms with Crippen LogP contribution >= 0.6 is 0 Å². The fraction of sp³-hybridized carbons (Fsp3) is 0.381. The summed E-state index contributed by atoms with van der Waals surface area (Å²) in [6.45, 7) is 3.61. The van der Waals surface area contributed by atoms with Crippen molar-refractivity contribution in [1.82, 2.24) is 0 Å². The minimum atomic E-state index is -0.940. The third-order valence-corrected chi connectivity index (χ3v) is 5.37. The van der Waals surface area contributed by atoms with Crippen LogP contribution in [-0.4, -0.2) is 49.4 Å². The van der Waals surface area contributed by atoms with Crippen LogP contribution in [0.3, 0.4) is 0 Å². The molecule has 0 spiro atoms. The molecular weight excluding hydrogens is 358 g/mol. The molecule has 0 amide bonds. The van der Waals surface area contributed by atoms with E-state index in [4.69, 9.17) is 19.6 Å². The average Bonchev–Trinajstić information content (AvgIpc) is 3.17. The first-order valence-corrected chi connectivity index (χ1v) is 9.12. The lowest BCUT2D eigenvalue weighted by molar-refractivity contribution is -0.122. The molecule has 2 aliphatic heterocycles. The number of Topliss-reactive ketones (excluding diaryl/α,β-unsaturated/α-hetero) is 1. The molecule has 0 bridgehead atoms. The summed E-state index contributed by atoms with van der Waals surface area (Å²) in [5.74, 6) is 0.667. The van der Waals surface area contributed by atoms with Gasteiger partial charge in [-0.05, 0) is 19.9 Å². The first-order chi connectivity index (χ1) is 13.4. The van der Waals surface area contributed by atoms with Gasteiger partial charge >= 0.3 is 0 Å². The molecule has 3 atom stereocenters. The van der Waals surface area contributed by atoms with E-state index >= 15 is 0 Å². The van der Waals surface area contributed by atoms with E-state index in [0.29, 0.717) is 23.1 Å². The van der Waals surface area contributed by atoms with Crippen molar-refractivity contribution in [3.05, 3.63) is 42.5 Å². The number of aliphatic imine (C=N–C) groups is 1. The number of fused-ring (bicyclic) bond motifs is 1. The standard InChI is InChI=1S/C21H23N3O4/c1-21(2)18(25)17(20-23-15-7-5-6-8-16(15)28-20)19(22)24(21)12-9-13(26-3)11-14(10-12)27-4/h5-11,15-17,22H,1-4H3. The van der Waals surface area contributed by atoms with Crippen molar-refractivity contribution in [2.75, 3.05) is 19.1 Å². The van der Waals surface area contributed by atoms with Crippen molar-refractivity contribution in [2.24, 2.45) is 10.9 Å². The van der Waals surface area contributed by atoms with E-state index in [1.807, 2.05) is 24.3 Å². The molecule has 1 aromatic carbocycles. The topological polar surface area (TPSA) is 84.2 Å². The Morgan fingerprint density at radius 3 is 2.36 bits per heavy atom. The van der Waals surface area contributed by atoms with E-state index in [2.05, 4.69) is 4.99 Å². The Hall–Kier alpha value is -3.09. The van der Waals surface area contributed by atoms with Gasteiger partial charge in [0, 0.05) is 18.2 Å². The molecule has 3 unspecified atom stereocenters. The molecule has 0 aromatic heterocycles. The maximum absolute atomic E-state index is 13.3. The predicted molar refractivity (Wildman–Crippen MR) is 107 cm³/mol. The number of ketones is 1. The van der Waals surface area contributed by atoms with Crippen molar-refractivity contribution >= 4 is 23.2 Å². The van der Waals surface area contributed by atoms with E-state index < -0.39 is 11.5 Å². The molecule has 1 aromatic rings. The molecule has 28 heavy (non-hydrogen) atoms. The predicted octanol–water partition coefficient (Wildman–Crippen LogP) is 2.76. The van der Waals surface area contributed by atoms with Gasteiger partial charge in [0.2, 0.25) is 5.90 Å². The Bertz CT molecular complexity index is 909. The lowest BCUT2D eigenvalue weighted by atomic mass is 9.94. The van der Waals surface area contributed by atoms with Gasteiger partial charge in [-0.1, -0.05) is 18.2 Å². The molecule has 4 rings (SSSR count). The van der Waals surface area contributed by atoms with Crippen LogP contribution in [0, 0.1) is 11.3 Å². The van der Waals surface area contributed by atoms with Crippen molar-refractivity contribution in [3.63, 3.8) is 0 Å². The number of ether oxygens (including phenoxy) is 3. The number of hydrogen-bond donors (Lipinski definition) is 1. The highest BCUT2D eigenvalue weighted by atomic mass is 16.5. The maximum Gasteiger partial charge on any atom is 0.203 e. The molecule has 1 N–H and O–H groups in total. The normalized spacial score (nSPS) is 27.5. The molecule has 146 valence electrons. The molecular formula is C21H23N3O4. The fourth-order valence-electron chi connectivity index (χ4n) is 3.89. The van der Waals surface area contributed by atoms with Crippen molar-refractivity contribution in [3.8, 4) is 11.5 Å². The third kappa shape index (κ3) is 2.69. The molecule has 7 nitrogen and oxygen atoms in total. The van der Waals surface area contributed by atoms with Gasteiger partial charge in [0.25, 0.3) is 0 Å². The van der Waals surface area contributed by atoms with Crippen LogP contribution in [0.4, 0.5) is 5.69 Å². The summed E-state index contributed by atoms with van der Waals surface area (Å²) in [6, 6.07) is 5.19. The van der Waals surface area contributed by atoms with E-state index in [1.54, 1.807) is 51.2 Å². The monoisotopic (exact) mass is 381 g/mol. The number of rotatable bonds is 4. The highest BCUT2D eigenvalue weighted by Gasteiger charge is 2.55. The summed E-state index contributed by atoms with van der Waals surface area (Å²) in [5.41, 5.74) is -0.289. The summed E-state index contributed by atoms with van der Waals surface area (Å²) >= 11 is 0. The number of hydrogen-bond acceptors (Lipinski definition) is 6. The quantitative estimate of drug-likeness (QED) is 0.867. The molecule has 2 heterocycles. The van der Waals surface area contributed by atoms with Gasteiger partial charge in [-0.25, -0.2) is 4.99 Å². The second kappa shape index (κ2) is 6.51. The molecule has 7 heteroatoms. The number of carbonyl (C=O) groups excluding carboxylic acids is 1. The zero-order chi connectivity index (χ0) is 20.1. The van der Waals surface area contributed by atoms with Crippen LogP contribution in [0.5, 0.6) is 11.5 Å². The largest absolute Gasteiger partial charge is 0.497 e. The Kier molecular flexibility index (Phi) is 4.25. The van der Waals surface area contributed by atoms with Gasteiger partial charge in [-0.3, -0.25) is 10.2 Å². The minimum Gasteiger partial charge on any atom is -0.497 e. The number of benzene rings is 1. The summed E-state index contributed by atoms with van der Waals surface area (Å²) in [7, 11) is 3.13. The van der Waals surface area contributed by atoms with E-state index in [9.17, 15) is 4.79 Å². The number of carbonyl (C=O) groups is 1. The number of methoxy groups -OCH3 is 2. The number of amidine groups is 1. The molecule has 0 radical (unpaired) electrons. The lowest BCUT2D eigenvalue weighted by Crippen LogP contribution is -2.44. The van der Waals surface area contributed by atoms with Gasteiger partial charge in [-0.15, -0.1) is 0 Å². The Balaban J connectivity index is 1.73. The number of anilines is 1. The van der Waals surface area contributed by atoms with Crippen molar-refractivity contribution in [1.29, 1.82) is 5.41 Å². The Morgan fingerprint density at radius 2 is 1.75 bits per heavy atom. The SMILES string of the molecule is COc1cc(OC)cc(N2C(=N)C(C3=NC4C=CC=CC4O3)C(=O)C2(C)C)c1. The average molecular weight is 381 g/mol. The third-order valence-electron chi connectivity index (χ3n) is 5.37. The van der Waals surface area contributed by atoms with Crippen LogP contribution < -0.4 is 14.4 Å². The fourth-order valence-corrected chi connectivity index (χ4v) is 3.89. The minimum absolute atomic E-state index is 0.121. The first-order valence-electron chi connectivity index (χ1n) is 9.12. The van der Waals surface area contributed by atoms with Crippen LogP contribution in [-0.2, 0) is 9.53 Å². The molecule has 1 aliphatic carbocycles. The highest BCUT2D eigenvalue weighted by Crippen LogP contribution is 2.40. The van der Waals surface area contributed by atoms with Crippen molar-refractivity contribution < 1.29 is 19.0 Å². The van der Waals surface area contributed by atoms with Crippen molar-refractivity contribution in [2.45, 2.75) is 31.5 Å². The van der Waals surface area contributed by atoms with Crippen LogP contribution in [0.2, 0.25) is 0 Å². The smallest absolute Gasteiger partial charge is 0.203 e. The number of allylic oxidation sites excluding steroid dienone is 2. The van der Waals surface area contributed by atoms with E-state index in [-0.39, 0.29) is 23.8 Å². The summed E-state index contributed by atoms with van der Waals surface area (Å²) in [5, 5.41) is 8.79. The molecule has 1 saturated heterocycles. The maximum atomic E-state index is 13.3. The summed E-state index contributed by atoms with van der Waals surface area (Å²) in [6.07, 6.45) is 7.46. The Labute approximate surface area is 163 Å². The van der Waals surface area contributed by atoms with E-state index in [0.717, 1.165) is 0 Å². The number of nitrogens with zero attached hydrogens (tertiary/aromatic N) is 2. The highest BCUT2D eigenvalue weighted by molar-refractivity contribution is 6.32. The second-order valence-electron chi connectivity index (χ2n) is 7.46. The summed E-state index contributed by atoms with van der Waals surface area (Å²) < 4.78 is 16.6. The molecule has 0 saturated carbocycles. The van der Waals surface area contributed by atoms with Gasteiger partial charge in [-0.2, -0.15) is 0 Å². The Morgan fingerprint density at radius 1 is 1.11 bits per heavy atom. The first kappa shape index (κ1) is 18.3. The van der Waals surface area contributed by atoms with Gasteiger partial charge < -0.3 is 19.1 Å². The van der Waals surface area contributed by atoms with Crippen LogP contribution in [0.1, 0.15) is 13.8 Å². The van der Waals surface area contributed by atoms with Gasteiger partial charge in [0.1, 0.15) is 35.0 Å². The molecule has 3 aliphatic rings. The van der Waals surface area contributed by atoms with Gasteiger partial charge in [0.15, 0.2) is 11.7 Å². The lowest BCUT2D eigenvalue weighted by Gasteiger charge is -2.31. The zero-order valence-electron chi connectivity index (χ0n) is 16.3. The summed E-state index contributed by atoms with van der Waals surface area (Å²) in [4.78, 5) is 19.6. The molecule has 1 fully saturated rings. The van der Waals surface area contributed by atoms with E-state index in [1.165, 1.54) is 0 Å². The van der Waals surface area contributed by atoms with Crippen LogP contribution in [0.15, 0.2) is 47.5 Å². The van der Waals surface area contributed by atoms with Crippen LogP contribution in [0.25, 0.3) is 0 Å². The second-order valence-corrected chi connectivity index (χ2v) is 7.46.